The zero-order valence-corrected chi connectivity index (χ0v) is 24.9. The van der Waals surface area contributed by atoms with Crippen LogP contribution in [0.2, 0.25) is 0 Å². The van der Waals surface area contributed by atoms with Crippen LogP contribution in [0.1, 0.15) is 194 Å². The maximum absolute atomic E-state index is 3.64. The van der Waals surface area contributed by atoms with Gasteiger partial charge in [-0.2, -0.15) is 0 Å². The van der Waals surface area contributed by atoms with Crippen molar-refractivity contribution >= 4 is 0 Å². The summed E-state index contributed by atoms with van der Waals surface area (Å²) in [5.41, 5.74) is 0. The summed E-state index contributed by atoms with van der Waals surface area (Å²) in [6, 6.07) is 0.611. The second-order valence-corrected chi connectivity index (χ2v) is 11.9. The summed E-state index contributed by atoms with van der Waals surface area (Å²) >= 11 is 0. The van der Waals surface area contributed by atoms with Crippen LogP contribution in [-0.2, 0) is 0 Å². The first-order valence-electron chi connectivity index (χ1n) is 16.2. The lowest BCUT2D eigenvalue weighted by Gasteiger charge is -2.20. The van der Waals surface area contributed by atoms with Gasteiger partial charge >= 0.3 is 0 Å². The van der Waals surface area contributed by atoms with Gasteiger partial charge in [-0.05, 0) is 32.1 Å². The van der Waals surface area contributed by atoms with E-state index in [4.69, 9.17) is 0 Å². The molecule has 0 amide bonds. The van der Waals surface area contributed by atoms with Crippen molar-refractivity contribution < 1.29 is 4.57 Å². The lowest BCUT2D eigenvalue weighted by molar-refractivity contribution is -0.727. The largest absolute Gasteiger partial charge is 0.257 e. The molecule has 0 fully saturated rings. The first-order valence-corrected chi connectivity index (χ1v) is 16.2. The number of unbranched alkanes of at least 4 members (excludes halogenated alkanes) is 18. The molecule has 2 nitrogen and oxygen atoms in total. The Morgan fingerprint density at radius 3 is 1.40 bits per heavy atom. The highest BCUT2D eigenvalue weighted by Crippen LogP contribution is 2.28. The Kier molecular flexibility index (Phi) is 20.6. The molecule has 2 heteroatoms. The Labute approximate surface area is 221 Å². The fourth-order valence-electron chi connectivity index (χ4n) is 5.74. The van der Waals surface area contributed by atoms with Crippen LogP contribution >= 0.6 is 0 Å². The molecule has 1 heterocycles. The number of aromatic nitrogens is 2. The summed E-state index contributed by atoms with van der Waals surface area (Å²) in [5.74, 6) is 2.84. The van der Waals surface area contributed by atoms with Crippen LogP contribution in [0.5, 0.6) is 0 Å². The lowest BCUT2D eigenvalue weighted by Crippen LogP contribution is -2.41. The van der Waals surface area contributed by atoms with Crippen molar-refractivity contribution in [1.29, 1.82) is 0 Å². The number of aromatic amines is 1. The van der Waals surface area contributed by atoms with Gasteiger partial charge < -0.3 is 0 Å². The zero-order chi connectivity index (χ0) is 25.6. The predicted octanol–water partition coefficient (Wildman–Crippen LogP) is 11.2. The van der Waals surface area contributed by atoms with E-state index in [0.717, 1.165) is 0 Å². The van der Waals surface area contributed by atoms with Gasteiger partial charge in [-0.15, -0.1) is 0 Å². The zero-order valence-electron chi connectivity index (χ0n) is 24.9. The first-order chi connectivity index (χ1) is 17.1. The van der Waals surface area contributed by atoms with Crippen molar-refractivity contribution in [3.63, 3.8) is 0 Å². The van der Waals surface area contributed by atoms with Crippen LogP contribution in [0.3, 0.4) is 0 Å². The van der Waals surface area contributed by atoms with Gasteiger partial charge in [0.25, 0.3) is 5.82 Å². The average molecular weight is 490 g/mol. The number of H-pyrrole nitrogens is 1. The molecule has 0 aliphatic heterocycles. The second kappa shape index (κ2) is 22.4. The number of rotatable bonds is 25. The molecule has 206 valence electrons. The monoisotopic (exact) mass is 490 g/mol. The van der Waals surface area contributed by atoms with E-state index in [-0.39, 0.29) is 0 Å². The Bertz CT molecular complexity index is 561. The molecule has 2 unspecified atom stereocenters. The molecule has 1 N–H and O–H groups in total. The molecule has 0 spiro atoms. The molecule has 1 aromatic rings. The molecule has 1 rings (SSSR count). The fraction of sp³-hybridized carbons (Fsp3) is 0.909. The number of hydrogen-bond acceptors (Lipinski definition) is 0. The molecule has 0 aliphatic rings. The Morgan fingerprint density at radius 2 is 0.971 bits per heavy atom. The molecule has 1 aromatic heterocycles. The summed E-state index contributed by atoms with van der Waals surface area (Å²) in [6.45, 7) is 11.8. The van der Waals surface area contributed by atoms with Gasteiger partial charge in [0.05, 0.1) is 12.0 Å². The van der Waals surface area contributed by atoms with Gasteiger partial charge in [0.2, 0.25) is 0 Å². The molecular formula is C33H65N2+. The van der Waals surface area contributed by atoms with Crippen molar-refractivity contribution in [1.82, 2.24) is 4.98 Å². The normalized spacial score (nSPS) is 13.5. The third-order valence-corrected chi connectivity index (χ3v) is 8.22. The van der Waals surface area contributed by atoms with Gasteiger partial charge in [0.15, 0.2) is 0 Å². The van der Waals surface area contributed by atoms with Crippen molar-refractivity contribution in [2.45, 2.75) is 188 Å². The maximum Gasteiger partial charge on any atom is 0.257 e. The highest BCUT2D eigenvalue weighted by molar-refractivity contribution is 4.92. The number of nitrogens with one attached hydrogen (secondary N) is 1. The first kappa shape index (κ1) is 32.2. The highest BCUT2D eigenvalue weighted by atomic mass is 15.1. The van der Waals surface area contributed by atoms with E-state index < -0.39 is 0 Å². The van der Waals surface area contributed by atoms with Gasteiger partial charge in [0, 0.05) is 0 Å². The molecule has 0 saturated carbocycles. The average Bonchev–Trinajstić information content (AvgIpc) is 3.33. The van der Waals surface area contributed by atoms with E-state index in [1.807, 2.05) is 0 Å². The summed E-state index contributed by atoms with van der Waals surface area (Å²) in [5, 5.41) is 0. The van der Waals surface area contributed by atoms with Crippen LogP contribution in [0.25, 0.3) is 0 Å². The summed E-state index contributed by atoms with van der Waals surface area (Å²) < 4.78 is 2.57. The van der Waals surface area contributed by atoms with Crippen LogP contribution in [-0.4, -0.2) is 4.98 Å². The minimum atomic E-state index is 0.611. The van der Waals surface area contributed by atoms with Crippen LogP contribution < -0.4 is 4.57 Å². The van der Waals surface area contributed by atoms with Crippen molar-refractivity contribution in [2.24, 2.45) is 5.92 Å². The van der Waals surface area contributed by atoms with Gasteiger partial charge in [-0.1, -0.05) is 150 Å². The smallest absolute Gasteiger partial charge is 0.247 e. The predicted molar refractivity (Wildman–Crippen MR) is 156 cm³/mol. The van der Waals surface area contributed by atoms with E-state index in [1.54, 1.807) is 0 Å². The SMILES string of the molecule is CCCCCCCCCCCCCCCCCC(C)[n+]1cc[nH]c1C(CCCCCCC)C(C)C. The summed E-state index contributed by atoms with van der Waals surface area (Å²) in [4.78, 5) is 3.64. The number of imidazole rings is 1. The van der Waals surface area contributed by atoms with Crippen molar-refractivity contribution in [2.75, 3.05) is 0 Å². The minimum Gasteiger partial charge on any atom is -0.247 e. The van der Waals surface area contributed by atoms with Gasteiger partial charge in [-0.25, -0.2) is 9.55 Å². The summed E-state index contributed by atoms with van der Waals surface area (Å²) in [6.07, 6.45) is 35.7. The Morgan fingerprint density at radius 1 is 0.571 bits per heavy atom. The molecule has 0 aliphatic carbocycles. The van der Waals surface area contributed by atoms with Gasteiger partial charge in [-0.3, -0.25) is 0 Å². The van der Waals surface area contributed by atoms with E-state index in [1.165, 1.54) is 147 Å². The molecular weight excluding hydrogens is 424 g/mol. The fourth-order valence-corrected chi connectivity index (χ4v) is 5.74. The number of nitrogens with zero attached hydrogens (tertiary/aromatic N) is 1. The highest BCUT2D eigenvalue weighted by Gasteiger charge is 2.27. The molecule has 0 bridgehead atoms. The Hall–Kier alpha value is -0.790. The third kappa shape index (κ3) is 15.8. The van der Waals surface area contributed by atoms with Gasteiger partial charge in [0.1, 0.15) is 12.4 Å². The van der Waals surface area contributed by atoms with Crippen LogP contribution in [0, 0.1) is 5.92 Å². The quantitative estimate of drug-likeness (QED) is 0.104. The molecule has 0 aromatic carbocycles. The maximum atomic E-state index is 3.64. The Balaban J connectivity index is 2.13. The van der Waals surface area contributed by atoms with Crippen molar-refractivity contribution in [3.05, 3.63) is 18.2 Å². The topological polar surface area (TPSA) is 19.7 Å². The lowest BCUT2D eigenvalue weighted by atomic mass is 9.89. The van der Waals surface area contributed by atoms with E-state index in [0.29, 0.717) is 17.9 Å². The summed E-state index contributed by atoms with van der Waals surface area (Å²) in [7, 11) is 0. The standard InChI is InChI=1S/C33H64N2/c1-6-8-10-12-13-14-15-16-17-18-19-20-21-23-24-26-31(5)35-29-28-34-33(35)32(30(3)4)27-25-22-11-9-7-2/h28-32H,6-27H2,1-5H3/p+1. The van der Waals surface area contributed by atoms with Crippen molar-refractivity contribution in [3.8, 4) is 0 Å². The minimum absolute atomic E-state index is 0.611. The molecule has 0 saturated heterocycles. The van der Waals surface area contributed by atoms with Crippen LogP contribution in [0.4, 0.5) is 0 Å². The van der Waals surface area contributed by atoms with E-state index >= 15 is 0 Å². The molecule has 35 heavy (non-hydrogen) atoms. The third-order valence-electron chi connectivity index (χ3n) is 8.22. The van der Waals surface area contributed by atoms with E-state index in [2.05, 4.69) is 56.6 Å². The van der Waals surface area contributed by atoms with Crippen LogP contribution in [0.15, 0.2) is 12.4 Å². The number of hydrogen-bond donors (Lipinski definition) is 1. The molecule has 0 radical (unpaired) electrons. The van der Waals surface area contributed by atoms with E-state index in [9.17, 15) is 0 Å². The molecule has 2 atom stereocenters. The second-order valence-electron chi connectivity index (χ2n) is 11.9.